The van der Waals surface area contributed by atoms with Gasteiger partial charge >= 0.3 is 5.97 Å². The zero-order valence-corrected chi connectivity index (χ0v) is 6.08. The van der Waals surface area contributed by atoms with Crippen molar-refractivity contribution in [3.8, 4) is 0 Å². The third-order valence-electron chi connectivity index (χ3n) is 2.03. The molecule has 0 aromatic heterocycles. The Balaban J connectivity index is 2.69. The Hall–Kier alpha value is -0.900. The molecule has 0 aliphatic carbocycles. The van der Waals surface area contributed by atoms with Crippen molar-refractivity contribution in [1.82, 2.24) is 0 Å². The van der Waals surface area contributed by atoms with Gasteiger partial charge in [0.25, 0.3) is 0 Å². The Bertz CT molecular complexity index is 169. The van der Waals surface area contributed by atoms with Crippen LogP contribution in [-0.4, -0.2) is 30.6 Å². The molecule has 1 N–H and O–H groups in total. The molecule has 0 bridgehead atoms. The molecule has 11 heavy (non-hydrogen) atoms. The molecule has 0 aromatic rings. The molecule has 1 aliphatic rings. The van der Waals surface area contributed by atoms with Crippen LogP contribution in [0.15, 0.2) is 0 Å². The summed E-state index contributed by atoms with van der Waals surface area (Å²) in [5, 5.41) is 8.76. The molecule has 1 aliphatic heterocycles. The molecule has 1 unspecified atom stereocenters. The predicted octanol–water partition coefficient (Wildman–Crippen LogP) is 0.0667. The molecule has 62 valence electrons. The van der Waals surface area contributed by atoms with Crippen LogP contribution in [0.25, 0.3) is 0 Å². The molecule has 1 atom stereocenters. The van der Waals surface area contributed by atoms with E-state index in [0.29, 0.717) is 19.3 Å². The van der Waals surface area contributed by atoms with Gasteiger partial charge in [-0.15, -0.1) is 0 Å². The summed E-state index contributed by atoms with van der Waals surface area (Å²) < 4.78 is 4.93. The first-order chi connectivity index (χ1) is 5.21. The summed E-state index contributed by atoms with van der Waals surface area (Å²) in [5.74, 6) is -0.929. The average Bonchev–Trinajstić information content (AvgIpc) is 2.38. The number of carboxylic acid groups (broad SMARTS) is 1. The second-order valence-corrected chi connectivity index (χ2v) is 2.76. The van der Waals surface area contributed by atoms with E-state index in [9.17, 15) is 9.59 Å². The average molecular weight is 158 g/mol. The summed E-state index contributed by atoms with van der Waals surface area (Å²) in [7, 11) is 0. The fourth-order valence-corrected chi connectivity index (χ4v) is 1.18. The van der Waals surface area contributed by atoms with E-state index in [1.807, 2.05) is 0 Å². The number of carbonyl (C=O) groups is 2. The lowest BCUT2D eigenvalue weighted by molar-refractivity contribution is -0.150. The minimum Gasteiger partial charge on any atom is -0.481 e. The Labute approximate surface area is 64.2 Å². The Morgan fingerprint density at radius 1 is 1.73 bits per heavy atom. The van der Waals surface area contributed by atoms with Gasteiger partial charge in [-0.25, -0.2) is 0 Å². The zero-order chi connectivity index (χ0) is 8.32. The highest BCUT2D eigenvalue weighted by Gasteiger charge is 2.41. The van der Waals surface area contributed by atoms with Gasteiger partial charge in [-0.05, 0) is 6.42 Å². The van der Waals surface area contributed by atoms with E-state index in [2.05, 4.69) is 0 Å². The summed E-state index contributed by atoms with van der Waals surface area (Å²) in [4.78, 5) is 20.8. The molecule has 1 rings (SSSR count). The van der Waals surface area contributed by atoms with Crippen LogP contribution < -0.4 is 0 Å². The fraction of sp³-hybridized carbons (Fsp3) is 0.714. The van der Waals surface area contributed by atoms with E-state index in [4.69, 9.17) is 9.84 Å². The molecule has 0 spiro atoms. The highest BCUT2D eigenvalue weighted by molar-refractivity contribution is 5.78. The summed E-state index contributed by atoms with van der Waals surface area (Å²) >= 11 is 0. The van der Waals surface area contributed by atoms with Gasteiger partial charge < -0.3 is 14.6 Å². The smallest absolute Gasteiger partial charge is 0.312 e. The zero-order valence-electron chi connectivity index (χ0n) is 6.08. The van der Waals surface area contributed by atoms with Crippen LogP contribution in [0.1, 0.15) is 12.8 Å². The number of carbonyl (C=O) groups excluding carboxylic acids is 1. The number of hydrogen-bond donors (Lipinski definition) is 1. The van der Waals surface area contributed by atoms with Gasteiger partial charge in [0.15, 0.2) is 0 Å². The number of aliphatic carboxylic acids is 1. The Morgan fingerprint density at radius 2 is 2.45 bits per heavy atom. The van der Waals surface area contributed by atoms with Gasteiger partial charge in [0.1, 0.15) is 6.29 Å². The second kappa shape index (κ2) is 3.00. The van der Waals surface area contributed by atoms with Gasteiger partial charge in [-0.3, -0.25) is 4.79 Å². The third kappa shape index (κ3) is 1.40. The van der Waals surface area contributed by atoms with Gasteiger partial charge in [0.2, 0.25) is 0 Å². The van der Waals surface area contributed by atoms with E-state index in [0.717, 1.165) is 0 Å². The molecule has 0 saturated carbocycles. The van der Waals surface area contributed by atoms with Crippen LogP contribution in [0.3, 0.4) is 0 Å². The third-order valence-corrected chi connectivity index (χ3v) is 2.03. The monoisotopic (exact) mass is 158 g/mol. The van der Waals surface area contributed by atoms with E-state index >= 15 is 0 Å². The first kappa shape index (κ1) is 8.20. The first-order valence-corrected chi connectivity index (χ1v) is 3.46. The van der Waals surface area contributed by atoms with E-state index in [1.54, 1.807) is 0 Å². The summed E-state index contributed by atoms with van der Waals surface area (Å²) in [5.41, 5.74) is -0.929. The van der Waals surface area contributed by atoms with Crippen LogP contribution in [0.2, 0.25) is 0 Å². The molecule has 4 heteroatoms. The molecule has 4 nitrogen and oxygen atoms in total. The molecular formula is C7H10O4. The first-order valence-electron chi connectivity index (χ1n) is 3.46. The highest BCUT2D eigenvalue weighted by Crippen LogP contribution is 2.31. The van der Waals surface area contributed by atoms with Crippen molar-refractivity contribution < 1.29 is 19.4 Å². The lowest BCUT2D eigenvalue weighted by Gasteiger charge is -2.17. The minimum atomic E-state index is -0.929. The van der Waals surface area contributed by atoms with Crippen molar-refractivity contribution in [3.05, 3.63) is 0 Å². The van der Waals surface area contributed by atoms with Crippen molar-refractivity contribution in [3.63, 3.8) is 0 Å². The summed E-state index contributed by atoms with van der Waals surface area (Å²) in [6, 6.07) is 0. The molecule has 1 saturated heterocycles. The normalized spacial score (nSPS) is 30.2. The van der Waals surface area contributed by atoms with Crippen LogP contribution in [0.4, 0.5) is 0 Å². The van der Waals surface area contributed by atoms with Crippen molar-refractivity contribution in [2.24, 2.45) is 5.41 Å². The standard InChI is InChI=1S/C7H10O4/c8-3-1-7(6(9)10)2-4-11-5-7/h3H,1-2,4-5H2,(H,9,10). The quantitative estimate of drug-likeness (QED) is 0.590. The van der Waals surface area contributed by atoms with Gasteiger partial charge in [-0.2, -0.15) is 0 Å². The SMILES string of the molecule is O=CCC1(C(=O)O)CCOC1. The maximum absolute atomic E-state index is 10.7. The highest BCUT2D eigenvalue weighted by atomic mass is 16.5. The topological polar surface area (TPSA) is 63.6 Å². The Morgan fingerprint density at radius 3 is 2.82 bits per heavy atom. The number of rotatable bonds is 3. The largest absolute Gasteiger partial charge is 0.481 e. The lowest BCUT2D eigenvalue weighted by atomic mass is 9.85. The molecule has 0 radical (unpaired) electrons. The predicted molar refractivity (Wildman–Crippen MR) is 36.2 cm³/mol. The van der Waals surface area contributed by atoms with E-state index in [-0.39, 0.29) is 13.0 Å². The maximum atomic E-state index is 10.7. The molecule has 0 amide bonds. The van der Waals surface area contributed by atoms with Gasteiger partial charge in [0, 0.05) is 13.0 Å². The van der Waals surface area contributed by atoms with Crippen molar-refractivity contribution in [1.29, 1.82) is 0 Å². The minimum absolute atomic E-state index is 0.0579. The van der Waals surface area contributed by atoms with Crippen molar-refractivity contribution >= 4 is 12.3 Å². The van der Waals surface area contributed by atoms with Gasteiger partial charge in [0.05, 0.1) is 12.0 Å². The van der Waals surface area contributed by atoms with Crippen molar-refractivity contribution in [2.45, 2.75) is 12.8 Å². The van der Waals surface area contributed by atoms with E-state index < -0.39 is 11.4 Å². The van der Waals surface area contributed by atoms with Crippen LogP contribution in [0.5, 0.6) is 0 Å². The summed E-state index contributed by atoms with van der Waals surface area (Å²) in [6.45, 7) is 0.612. The summed E-state index contributed by atoms with van der Waals surface area (Å²) in [6.07, 6.45) is 1.15. The van der Waals surface area contributed by atoms with E-state index in [1.165, 1.54) is 0 Å². The maximum Gasteiger partial charge on any atom is 0.312 e. The lowest BCUT2D eigenvalue weighted by Crippen LogP contribution is -2.31. The van der Waals surface area contributed by atoms with Crippen molar-refractivity contribution in [2.75, 3.05) is 13.2 Å². The number of aldehydes is 1. The number of hydrogen-bond acceptors (Lipinski definition) is 3. The molecule has 0 aromatic carbocycles. The fourth-order valence-electron chi connectivity index (χ4n) is 1.18. The molecule has 1 fully saturated rings. The van der Waals surface area contributed by atoms with Crippen LogP contribution in [0, 0.1) is 5.41 Å². The van der Waals surface area contributed by atoms with Gasteiger partial charge in [-0.1, -0.05) is 0 Å². The number of ether oxygens (including phenoxy) is 1. The van der Waals surface area contributed by atoms with Crippen LogP contribution in [-0.2, 0) is 14.3 Å². The van der Waals surface area contributed by atoms with Crippen LogP contribution >= 0.6 is 0 Å². The molecular weight excluding hydrogens is 148 g/mol. The molecule has 1 heterocycles. The second-order valence-electron chi connectivity index (χ2n) is 2.76. The number of carboxylic acids is 1. The Kier molecular flexibility index (Phi) is 2.24.